The Morgan fingerprint density at radius 2 is 1.70 bits per heavy atom. The lowest BCUT2D eigenvalue weighted by molar-refractivity contribution is 0.0569. The van der Waals surface area contributed by atoms with E-state index in [4.69, 9.17) is 9.47 Å². The Morgan fingerprint density at radius 1 is 0.900 bits per heavy atom. The predicted molar refractivity (Wildman–Crippen MR) is 109 cm³/mol. The highest BCUT2D eigenvalue weighted by atomic mass is 16.7. The average Bonchev–Trinajstić information content (AvgIpc) is 3.06. The molecule has 0 fully saturated rings. The number of carbonyl (C=O) groups is 2. The molecule has 7 heteroatoms. The Balaban J connectivity index is 1.51. The number of carbonyl (C=O) groups excluding carboxylic acids is 2. The number of ether oxygens (including phenoxy) is 2. The van der Waals surface area contributed by atoms with E-state index < -0.39 is 12.4 Å². The number of rotatable bonds is 3. The number of para-hydroxylation sites is 1. The number of aromatic nitrogens is 2. The molecule has 7 nitrogen and oxygen atoms in total. The molecule has 0 aliphatic carbocycles. The standard InChI is InChI=1S/C23H15N3O4/c27-21-17-10-4-5-11-18(17)22(30-23(28)29-16-8-2-1-3-9-16)26(21)19-13-12-15-7-6-14-24-20(15)25-19/h1-14,22H. The van der Waals surface area contributed by atoms with Gasteiger partial charge in [-0.15, -0.1) is 0 Å². The number of benzene rings is 2. The normalized spacial score (nSPS) is 15.1. The van der Waals surface area contributed by atoms with Gasteiger partial charge in [-0.25, -0.2) is 14.8 Å². The summed E-state index contributed by atoms with van der Waals surface area (Å²) in [6.07, 6.45) is -0.289. The van der Waals surface area contributed by atoms with Gasteiger partial charge in [-0.3, -0.25) is 9.69 Å². The number of hydrogen-bond donors (Lipinski definition) is 0. The zero-order valence-electron chi connectivity index (χ0n) is 15.6. The van der Waals surface area contributed by atoms with E-state index in [1.807, 2.05) is 24.3 Å². The second kappa shape index (κ2) is 7.29. The van der Waals surface area contributed by atoms with Crippen molar-refractivity contribution >= 4 is 28.9 Å². The molecule has 1 amide bonds. The van der Waals surface area contributed by atoms with Gasteiger partial charge < -0.3 is 9.47 Å². The number of anilines is 1. The van der Waals surface area contributed by atoms with E-state index in [0.29, 0.717) is 28.3 Å². The minimum Gasteiger partial charge on any atom is -0.405 e. The second-order valence-corrected chi connectivity index (χ2v) is 6.62. The summed E-state index contributed by atoms with van der Waals surface area (Å²) in [5.41, 5.74) is 1.50. The van der Waals surface area contributed by atoms with Crippen molar-refractivity contribution in [3.05, 3.63) is 96.2 Å². The Hall–Kier alpha value is -4.26. The number of hydrogen-bond acceptors (Lipinski definition) is 6. The van der Waals surface area contributed by atoms with E-state index in [2.05, 4.69) is 9.97 Å². The highest BCUT2D eigenvalue weighted by Gasteiger charge is 2.41. The fourth-order valence-corrected chi connectivity index (χ4v) is 3.40. The van der Waals surface area contributed by atoms with Crippen LogP contribution in [0.3, 0.4) is 0 Å². The van der Waals surface area contributed by atoms with E-state index in [9.17, 15) is 9.59 Å². The molecule has 0 spiro atoms. The summed E-state index contributed by atoms with van der Waals surface area (Å²) in [5.74, 6) is 0.366. The molecule has 0 saturated heterocycles. The maximum Gasteiger partial charge on any atom is 0.516 e. The Morgan fingerprint density at radius 3 is 2.57 bits per heavy atom. The zero-order chi connectivity index (χ0) is 20.5. The van der Waals surface area contributed by atoms with Crippen molar-refractivity contribution in [1.82, 2.24) is 9.97 Å². The topological polar surface area (TPSA) is 81.6 Å². The van der Waals surface area contributed by atoms with Crippen LogP contribution in [-0.2, 0) is 4.74 Å². The Bertz CT molecular complexity index is 1260. The maximum absolute atomic E-state index is 13.1. The molecule has 3 heterocycles. The van der Waals surface area contributed by atoms with Crippen molar-refractivity contribution in [3.63, 3.8) is 0 Å². The molecule has 0 radical (unpaired) electrons. The van der Waals surface area contributed by atoms with Gasteiger partial charge in [-0.2, -0.15) is 0 Å². The zero-order valence-corrected chi connectivity index (χ0v) is 15.6. The molecule has 2 aromatic heterocycles. The van der Waals surface area contributed by atoms with E-state index in [-0.39, 0.29) is 5.91 Å². The van der Waals surface area contributed by atoms with Gasteiger partial charge in [0.05, 0.1) is 0 Å². The van der Waals surface area contributed by atoms with Crippen molar-refractivity contribution in [3.8, 4) is 5.75 Å². The third kappa shape index (κ3) is 3.12. The van der Waals surface area contributed by atoms with Crippen LogP contribution in [0.4, 0.5) is 10.6 Å². The summed E-state index contributed by atoms with van der Waals surface area (Å²) in [6.45, 7) is 0. The molecule has 4 aromatic rings. The highest BCUT2D eigenvalue weighted by molar-refractivity contribution is 6.10. The van der Waals surface area contributed by atoms with Gasteiger partial charge >= 0.3 is 6.16 Å². The molecule has 2 aromatic carbocycles. The van der Waals surface area contributed by atoms with E-state index >= 15 is 0 Å². The number of pyridine rings is 2. The van der Waals surface area contributed by atoms with Gasteiger partial charge in [0.15, 0.2) is 5.65 Å². The van der Waals surface area contributed by atoms with Crippen molar-refractivity contribution in [2.45, 2.75) is 6.23 Å². The van der Waals surface area contributed by atoms with Crippen LogP contribution in [0.2, 0.25) is 0 Å². The molecule has 0 N–H and O–H groups in total. The molecule has 1 aliphatic heterocycles. The lowest BCUT2D eigenvalue weighted by Gasteiger charge is -2.24. The summed E-state index contributed by atoms with van der Waals surface area (Å²) in [4.78, 5) is 35.7. The lowest BCUT2D eigenvalue weighted by Crippen LogP contribution is -2.32. The van der Waals surface area contributed by atoms with Crippen LogP contribution in [0.15, 0.2) is 85.1 Å². The molecular formula is C23H15N3O4. The monoisotopic (exact) mass is 397 g/mol. The molecular weight excluding hydrogens is 382 g/mol. The quantitative estimate of drug-likeness (QED) is 0.374. The first kappa shape index (κ1) is 17.8. The fourth-order valence-electron chi connectivity index (χ4n) is 3.40. The molecule has 1 atom stereocenters. The molecule has 30 heavy (non-hydrogen) atoms. The van der Waals surface area contributed by atoms with Crippen LogP contribution in [-0.4, -0.2) is 22.0 Å². The van der Waals surface area contributed by atoms with Gasteiger partial charge in [0.1, 0.15) is 11.6 Å². The highest BCUT2D eigenvalue weighted by Crippen LogP contribution is 2.38. The summed E-state index contributed by atoms with van der Waals surface area (Å²) in [5, 5.41) is 0.839. The second-order valence-electron chi connectivity index (χ2n) is 6.62. The van der Waals surface area contributed by atoms with Gasteiger partial charge in [-0.05, 0) is 42.5 Å². The number of fused-ring (bicyclic) bond motifs is 2. The molecule has 1 aliphatic rings. The van der Waals surface area contributed by atoms with Crippen LogP contribution < -0.4 is 9.64 Å². The third-order valence-corrected chi connectivity index (χ3v) is 4.76. The van der Waals surface area contributed by atoms with E-state index in [1.54, 1.807) is 60.8 Å². The third-order valence-electron chi connectivity index (χ3n) is 4.76. The molecule has 146 valence electrons. The number of nitrogens with zero attached hydrogens (tertiary/aromatic N) is 3. The Kier molecular flexibility index (Phi) is 4.33. The van der Waals surface area contributed by atoms with Crippen molar-refractivity contribution in [2.24, 2.45) is 0 Å². The van der Waals surface area contributed by atoms with Gasteiger partial charge in [-0.1, -0.05) is 36.4 Å². The van der Waals surface area contributed by atoms with Crippen LogP contribution in [0.5, 0.6) is 5.75 Å². The number of amides is 1. The summed E-state index contributed by atoms with van der Waals surface area (Å²) < 4.78 is 10.8. The Labute approximate surface area is 171 Å². The van der Waals surface area contributed by atoms with E-state index in [0.717, 1.165) is 5.39 Å². The minimum atomic E-state index is -1.00. The largest absolute Gasteiger partial charge is 0.516 e. The van der Waals surface area contributed by atoms with Crippen molar-refractivity contribution in [2.75, 3.05) is 4.90 Å². The van der Waals surface area contributed by atoms with Crippen LogP contribution in [0.25, 0.3) is 11.0 Å². The van der Waals surface area contributed by atoms with Crippen LogP contribution in [0.1, 0.15) is 22.1 Å². The summed E-state index contributed by atoms with van der Waals surface area (Å²) in [7, 11) is 0. The van der Waals surface area contributed by atoms with E-state index in [1.165, 1.54) is 4.90 Å². The van der Waals surface area contributed by atoms with Crippen molar-refractivity contribution in [1.29, 1.82) is 0 Å². The van der Waals surface area contributed by atoms with Gasteiger partial charge in [0.2, 0.25) is 6.23 Å². The van der Waals surface area contributed by atoms with Gasteiger partial charge in [0, 0.05) is 22.7 Å². The average molecular weight is 397 g/mol. The maximum atomic E-state index is 13.1. The van der Waals surface area contributed by atoms with Crippen molar-refractivity contribution < 1.29 is 19.1 Å². The summed E-state index contributed by atoms with van der Waals surface area (Å²) in [6, 6.07) is 22.8. The smallest absolute Gasteiger partial charge is 0.405 e. The van der Waals surface area contributed by atoms with Gasteiger partial charge in [0.25, 0.3) is 5.91 Å². The SMILES string of the molecule is O=C(Oc1ccccc1)OC1c2ccccc2C(=O)N1c1ccc2cccnc2n1. The molecule has 1 unspecified atom stereocenters. The summed E-state index contributed by atoms with van der Waals surface area (Å²) >= 11 is 0. The first-order valence-corrected chi connectivity index (χ1v) is 9.28. The first-order chi connectivity index (χ1) is 14.7. The first-order valence-electron chi connectivity index (χ1n) is 9.28. The minimum absolute atomic E-state index is 0.314. The lowest BCUT2D eigenvalue weighted by atomic mass is 10.1. The molecule has 0 saturated carbocycles. The van der Waals surface area contributed by atoms with Crippen LogP contribution in [0, 0.1) is 0 Å². The van der Waals surface area contributed by atoms with Crippen LogP contribution >= 0.6 is 0 Å². The fraction of sp³-hybridized carbons (Fsp3) is 0.0435. The predicted octanol–water partition coefficient (Wildman–Crippen LogP) is 4.50. The molecule has 5 rings (SSSR count). The molecule has 0 bridgehead atoms.